The van der Waals surface area contributed by atoms with Crippen molar-refractivity contribution in [3.05, 3.63) is 0 Å². The minimum absolute atomic E-state index is 0.00245. The lowest BCUT2D eigenvalue weighted by Crippen LogP contribution is -2.39. The van der Waals surface area contributed by atoms with Gasteiger partial charge in [0.25, 0.3) is 5.91 Å². The van der Waals surface area contributed by atoms with E-state index in [4.69, 9.17) is 28.3 Å². The van der Waals surface area contributed by atoms with Gasteiger partial charge in [0.2, 0.25) is 0 Å². The summed E-state index contributed by atoms with van der Waals surface area (Å²) >= 11 is 0. The number of aliphatic imine (C=N–C) groups is 1. The van der Waals surface area contributed by atoms with Crippen LogP contribution >= 0.6 is 0 Å². The number of amidine groups is 1. The van der Waals surface area contributed by atoms with Gasteiger partial charge in [-0.1, -0.05) is 0 Å². The van der Waals surface area contributed by atoms with Gasteiger partial charge in [-0.05, 0) is 0 Å². The van der Waals surface area contributed by atoms with E-state index < -0.39 is 11.9 Å². The molecule has 0 saturated carbocycles. The van der Waals surface area contributed by atoms with E-state index in [1.807, 2.05) is 0 Å². The zero-order chi connectivity index (χ0) is 10.4. The first-order valence-corrected chi connectivity index (χ1v) is 3.63. The number of nitrogens with two attached hydrogens (primary N) is 4. The van der Waals surface area contributed by atoms with E-state index in [9.17, 15) is 4.79 Å². The number of hydrogen-bond donors (Lipinski definition) is 5. The van der Waals surface area contributed by atoms with E-state index in [1.54, 1.807) is 0 Å². The van der Waals surface area contributed by atoms with Gasteiger partial charge >= 0.3 is 0 Å². The SMILES string of the molecule is N=C(C(N)=O)C(CN)N=C(N)CN. The Morgan fingerprint density at radius 1 is 1.38 bits per heavy atom. The van der Waals surface area contributed by atoms with Crippen LogP contribution in [-0.2, 0) is 4.79 Å². The summed E-state index contributed by atoms with van der Waals surface area (Å²) in [4.78, 5) is 14.3. The van der Waals surface area contributed by atoms with Gasteiger partial charge < -0.3 is 22.9 Å². The predicted octanol–water partition coefficient (Wildman–Crippen LogP) is -2.87. The summed E-state index contributed by atoms with van der Waals surface area (Å²) in [5.41, 5.74) is 20.2. The highest BCUT2D eigenvalue weighted by Gasteiger charge is 2.16. The summed E-state index contributed by atoms with van der Waals surface area (Å²) in [6, 6.07) is -0.791. The van der Waals surface area contributed by atoms with Crippen molar-refractivity contribution in [2.75, 3.05) is 13.1 Å². The van der Waals surface area contributed by atoms with E-state index in [1.165, 1.54) is 0 Å². The van der Waals surface area contributed by atoms with Crippen molar-refractivity contribution in [2.45, 2.75) is 6.04 Å². The second-order valence-corrected chi connectivity index (χ2v) is 2.35. The predicted molar refractivity (Wildman–Crippen MR) is 50.4 cm³/mol. The molecule has 0 bridgehead atoms. The molecule has 13 heavy (non-hydrogen) atoms. The van der Waals surface area contributed by atoms with Crippen LogP contribution < -0.4 is 22.9 Å². The first-order chi connectivity index (χ1) is 6.02. The average molecular weight is 186 g/mol. The Bertz CT molecular complexity index is 235. The van der Waals surface area contributed by atoms with Crippen LogP contribution in [0.5, 0.6) is 0 Å². The summed E-state index contributed by atoms with van der Waals surface area (Å²) in [7, 11) is 0. The number of carbonyl (C=O) groups excluding carboxylic acids is 1. The van der Waals surface area contributed by atoms with Gasteiger partial charge in [-0.15, -0.1) is 0 Å². The molecule has 0 rings (SSSR count). The summed E-state index contributed by atoms with van der Waals surface area (Å²) in [5.74, 6) is -0.717. The molecule has 7 heteroatoms. The van der Waals surface area contributed by atoms with E-state index >= 15 is 0 Å². The van der Waals surface area contributed by atoms with E-state index in [0.717, 1.165) is 0 Å². The van der Waals surface area contributed by atoms with Crippen LogP contribution in [0.1, 0.15) is 0 Å². The number of hydrogen-bond acceptors (Lipinski definition) is 5. The summed E-state index contributed by atoms with van der Waals surface area (Å²) in [6.45, 7) is 0.0605. The van der Waals surface area contributed by atoms with Gasteiger partial charge in [0.05, 0.1) is 6.54 Å². The summed E-state index contributed by atoms with van der Waals surface area (Å²) in [6.07, 6.45) is 0. The highest BCUT2D eigenvalue weighted by molar-refractivity contribution is 6.39. The van der Waals surface area contributed by atoms with E-state index in [0.29, 0.717) is 0 Å². The van der Waals surface area contributed by atoms with Gasteiger partial charge in [0.15, 0.2) is 0 Å². The molecule has 0 fully saturated rings. The molecule has 0 aromatic heterocycles. The molecular formula is C6H14N6O. The lowest BCUT2D eigenvalue weighted by Gasteiger charge is -2.09. The first kappa shape index (κ1) is 11.5. The largest absolute Gasteiger partial charge is 0.386 e. The molecule has 0 aliphatic heterocycles. The Labute approximate surface area is 75.7 Å². The molecule has 1 atom stereocenters. The van der Waals surface area contributed by atoms with Crippen LogP contribution in [0.3, 0.4) is 0 Å². The first-order valence-electron chi connectivity index (χ1n) is 3.63. The van der Waals surface area contributed by atoms with Gasteiger partial charge in [-0.25, -0.2) is 0 Å². The fraction of sp³-hybridized carbons (Fsp3) is 0.500. The monoisotopic (exact) mass is 186 g/mol. The van der Waals surface area contributed by atoms with Gasteiger partial charge in [-0.2, -0.15) is 0 Å². The van der Waals surface area contributed by atoms with Gasteiger partial charge in [0.1, 0.15) is 17.6 Å². The lowest BCUT2D eigenvalue weighted by molar-refractivity contribution is -0.112. The molecule has 0 heterocycles. The van der Waals surface area contributed by atoms with E-state index in [2.05, 4.69) is 4.99 Å². The third-order valence-corrected chi connectivity index (χ3v) is 1.35. The number of carbonyl (C=O) groups is 1. The maximum atomic E-state index is 10.6. The Morgan fingerprint density at radius 2 is 1.92 bits per heavy atom. The number of amides is 1. The number of nitrogens with one attached hydrogen (secondary N) is 1. The van der Waals surface area contributed by atoms with Crippen molar-refractivity contribution in [1.29, 1.82) is 5.41 Å². The quantitative estimate of drug-likeness (QED) is 0.231. The zero-order valence-electron chi connectivity index (χ0n) is 7.16. The number of primary amides is 1. The normalized spacial score (nSPS) is 13.8. The molecule has 0 aliphatic carbocycles. The minimum atomic E-state index is -0.857. The molecule has 0 aliphatic rings. The van der Waals surface area contributed by atoms with Crippen molar-refractivity contribution in [3.8, 4) is 0 Å². The van der Waals surface area contributed by atoms with E-state index in [-0.39, 0.29) is 24.6 Å². The highest BCUT2D eigenvalue weighted by Crippen LogP contribution is 1.91. The second-order valence-electron chi connectivity index (χ2n) is 2.35. The molecule has 0 aromatic carbocycles. The third-order valence-electron chi connectivity index (χ3n) is 1.35. The molecule has 1 amide bonds. The zero-order valence-corrected chi connectivity index (χ0v) is 7.16. The van der Waals surface area contributed by atoms with Crippen molar-refractivity contribution in [3.63, 3.8) is 0 Å². The van der Waals surface area contributed by atoms with Crippen LogP contribution in [0, 0.1) is 5.41 Å². The molecule has 9 N–H and O–H groups in total. The summed E-state index contributed by atoms with van der Waals surface area (Å²) in [5, 5.41) is 7.21. The maximum absolute atomic E-state index is 10.6. The molecule has 0 spiro atoms. The van der Waals surface area contributed by atoms with Crippen LogP contribution in [0.4, 0.5) is 0 Å². The fourth-order valence-electron chi connectivity index (χ4n) is 0.652. The van der Waals surface area contributed by atoms with Crippen molar-refractivity contribution in [1.82, 2.24) is 0 Å². The Balaban J connectivity index is 4.52. The molecular weight excluding hydrogens is 172 g/mol. The Kier molecular flexibility index (Phi) is 4.63. The van der Waals surface area contributed by atoms with Crippen LogP contribution in [-0.4, -0.2) is 36.6 Å². The molecule has 0 saturated heterocycles. The molecule has 74 valence electrons. The second kappa shape index (κ2) is 5.22. The Hall–Kier alpha value is -1.47. The molecule has 1 unspecified atom stereocenters. The van der Waals surface area contributed by atoms with Gasteiger partial charge in [-0.3, -0.25) is 15.2 Å². The molecule has 0 aromatic rings. The smallest absolute Gasteiger partial charge is 0.264 e. The molecule has 7 nitrogen and oxygen atoms in total. The van der Waals surface area contributed by atoms with Crippen molar-refractivity contribution >= 4 is 17.5 Å². The maximum Gasteiger partial charge on any atom is 0.264 e. The lowest BCUT2D eigenvalue weighted by atomic mass is 10.2. The van der Waals surface area contributed by atoms with Crippen molar-refractivity contribution in [2.24, 2.45) is 27.9 Å². The fourth-order valence-corrected chi connectivity index (χ4v) is 0.652. The molecule has 0 radical (unpaired) electrons. The third kappa shape index (κ3) is 3.63. The summed E-state index contributed by atoms with van der Waals surface area (Å²) < 4.78 is 0. The minimum Gasteiger partial charge on any atom is -0.386 e. The van der Waals surface area contributed by atoms with Gasteiger partial charge in [0, 0.05) is 6.54 Å². The van der Waals surface area contributed by atoms with Crippen molar-refractivity contribution < 1.29 is 4.79 Å². The average Bonchev–Trinajstić information content (AvgIpc) is 2.12. The topological polar surface area (TPSA) is 157 Å². The van der Waals surface area contributed by atoms with Crippen LogP contribution in [0.2, 0.25) is 0 Å². The van der Waals surface area contributed by atoms with Crippen LogP contribution in [0.15, 0.2) is 4.99 Å². The standard InChI is InChI=1S/C6H14N6O/c7-1-3(5(10)6(11)13)12-4(9)2-8/h3,10H,1-2,7-8H2,(H2,9,12)(H2,11,13). The Morgan fingerprint density at radius 3 is 2.23 bits per heavy atom. The highest BCUT2D eigenvalue weighted by atomic mass is 16.1. The number of nitrogens with zero attached hydrogens (tertiary/aromatic N) is 1. The number of rotatable bonds is 5. The van der Waals surface area contributed by atoms with Crippen LogP contribution in [0.25, 0.3) is 0 Å².